The van der Waals surface area contributed by atoms with Crippen molar-refractivity contribution in [2.45, 2.75) is 0 Å². The number of nitrogens with zero attached hydrogens (tertiary/aromatic N) is 4. The molecular formula is C9H12N4O3S. The first-order valence-electron chi connectivity index (χ1n) is 4.55. The fourth-order valence-corrected chi connectivity index (χ4v) is 1.52. The van der Waals surface area contributed by atoms with E-state index in [1.807, 2.05) is 14.1 Å². The molecule has 92 valence electrons. The molecule has 0 spiro atoms. The van der Waals surface area contributed by atoms with Gasteiger partial charge >= 0.3 is 5.97 Å². The Kier molecular flexibility index (Phi) is 4.58. The van der Waals surface area contributed by atoms with Crippen molar-refractivity contribution in [2.75, 3.05) is 21.2 Å². The third-order valence-corrected chi connectivity index (χ3v) is 2.27. The minimum Gasteiger partial charge on any atom is -0.476 e. The molecule has 0 bridgehead atoms. The summed E-state index contributed by atoms with van der Waals surface area (Å²) in [5, 5.41) is 14.3. The summed E-state index contributed by atoms with van der Waals surface area (Å²) in [7, 11) is 4.93. The molecule has 0 aliphatic heterocycles. The normalized spacial score (nSPS) is 11.8. The molecule has 0 aliphatic rings. The van der Waals surface area contributed by atoms with Crippen LogP contribution in [0.2, 0.25) is 0 Å². The molecule has 1 rings (SSSR count). The van der Waals surface area contributed by atoms with E-state index in [0.717, 1.165) is 0 Å². The van der Waals surface area contributed by atoms with Crippen molar-refractivity contribution in [3.05, 3.63) is 11.1 Å². The predicted molar refractivity (Wildman–Crippen MR) is 65.1 cm³/mol. The van der Waals surface area contributed by atoms with E-state index in [1.165, 1.54) is 18.4 Å². The van der Waals surface area contributed by atoms with Gasteiger partial charge in [0.05, 0.1) is 6.34 Å². The number of carboxylic acid groups (broad SMARTS) is 1. The highest BCUT2D eigenvalue weighted by molar-refractivity contribution is 7.13. The third kappa shape index (κ3) is 3.83. The fourth-order valence-electron chi connectivity index (χ4n) is 0.884. The molecule has 0 radical (unpaired) electrons. The standard InChI is InChI=1S/C9H12N4O3S/c1-13(2)5-10-9-11-6(4-17-9)7(8(14)15)12-16-3/h4-5H,1-3H3,(H,14,15)/b10-5?,12-7-. The smallest absolute Gasteiger partial charge is 0.360 e. The van der Waals surface area contributed by atoms with E-state index in [1.54, 1.807) is 16.6 Å². The predicted octanol–water partition coefficient (Wildman–Crippen LogP) is 0.800. The Morgan fingerprint density at radius 3 is 2.88 bits per heavy atom. The Bertz CT molecular complexity index is 453. The second-order valence-electron chi connectivity index (χ2n) is 3.15. The Morgan fingerprint density at radius 1 is 1.65 bits per heavy atom. The summed E-state index contributed by atoms with van der Waals surface area (Å²) in [4.78, 5) is 25.1. The van der Waals surface area contributed by atoms with Gasteiger partial charge in [-0.2, -0.15) is 0 Å². The topological polar surface area (TPSA) is 87.4 Å². The van der Waals surface area contributed by atoms with E-state index in [9.17, 15) is 4.79 Å². The van der Waals surface area contributed by atoms with Gasteiger partial charge in [-0.3, -0.25) is 0 Å². The van der Waals surface area contributed by atoms with Crippen LogP contribution < -0.4 is 0 Å². The first-order valence-corrected chi connectivity index (χ1v) is 5.43. The molecule has 1 heterocycles. The molecule has 0 fully saturated rings. The molecule has 1 aromatic rings. The van der Waals surface area contributed by atoms with Crippen LogP contribution in [-0.4, -0.2) is 54.2 Å². The zero-order chi connectivity index (χ0) is 12.8. The lowest BCUT2D eigenvalue weighted by Gasteiger charge is -1.99. The molecule has 0 amide bonds. The van der Waals surface area contributed by atoms with E-state index in [-0.39, 0.29) is 11.4 Å². The van der Waals surface area contributed by atoms with Crippen LogP contribution in [0.3, 0.4) is 0 Å². The van der Waals surface area contributed by atoms with Crippen LogP contribution in [0, 0.1) is 0 Å². The number of carboxylic acids is 1. The molecule has 0 unspecified atom stereocenters. The van der Waals surface area contributed by atoms with Gasteiger partial charge in [-0.25, -0.2) is 14.8 Å². The first kappa shape index (κ1) is 13.1. The molecule has 17 heavy (non-hydrogen) atoms. The van der Waals surface area contributed by atoms with Crippen molar-refractivity contribution in [2.24, 2.45) is 10.1 Å². The van der Waals surface area contributed by atoms with Gasteiger partial charge in [-0.05, 0) is 0 Å². The lowest BCUT2D eigenvalue weighted by Crippen LogP contribution is -2.15. The van der Waals surface area contributed by atoms with Gasteiger partial charge in [0, 0.05) is 19.5 Å². The monoisotopic (exact) mass is 256 g/mol. The number of hydrogen-bond acceptors (Lipinski definition) is 6. The van der Waals surface area contributed by atoms with E-state index >= 15 is 0 Å². The molecule has 0 atom stereocenters. The summed E-state index contributed by atoms with van der Waals surface area (Å²) in [6.45, 7) is 0. The third-order valence-electron chi connectivity index (χ3n) is 1.52. The summed E-state index contributed by atoms with van der Waals surface area (Å²) in [6, 6.07) is 0. The number of thiazole rings is 1. The molecule has 7 nitrogen and oxygen atoms in total. The zero-order valence-corrected chi connectivity index (χ0v) is 10.4. The van der Waals surface area contributed by atoms with E-state index in [0.29, 0.717) is 5.13 Å². The van der Waals surface area contributed by atoms with Gasteiger partial charge in [-0.15, -0.1) is 11.3 Å². The van der Waals surface area contributed by atoms with Crippen LogP contribution in [0.15, 0.2) is 15.5 Å². The fraction of sp³-hybridized carbons (Fsp3) is 0.333. The van der Waals surface area contributed by atoms with Crippen molar-refractivity contribution >= 4 is 34.5 Å². The van der Waals surface area contributed by atoms with Crippen molar-refractivity contribution in [3.63, 3.8) is 0 Å². The number of aliphatic carboxylic acids is 1. The highest BCUT2D eigenvalue weighted by Crippen LogP contribution is 2.19. The largest absolute Gasteiger partial charge is 0.476 e. The van der Waals surface area contributed by atoms with Gasteiger partial charge in [0.2, 0.25) is 10.8 Å². The van der Waals surface area contributed by atoms with Gasteiger partial charge in [0.15, 0.2) is 0 Å². The first-order chi connectivity index (χ1) is 8.04. The zero-order valence-electron chi connectivity index (χ0n) is 9.62. The molecule has 1 N–H and O–H groups in total. The Labute approximate surface area is 102 Å². The molecule has 1 aromatic heterocycles. The summed E-state index contributed by atoms with van der Waals surface area (Å²) >= 11 is 1.23. The molecule has 0 saturated heterocycles. The lowest BCUT2D eigenvalue weighted by atomic mass is 10.3. The van der Waals surface area contributed by atoms with E-state index < -0.39 is 5.97 Å². The quantitative estimate of drug-likeness (QED) is 0.478. The van der Waals surface area contributed by atoms with Crippen molar-refractivity contribution in [1.29, 1.82) is 0 Å². The SMILES string of the molecule is CO/N=C(\C(=O)O)c1csc(N=CN(C)C)n1. The molecule has 8 heteroatoms. The second kappa shape index (κ2) is 5.94. The average Bonchev–Trinajstić information content (AvgIpc) is 2.71. The van der Waals surface area contributed by atoms with Gasteiger partial charge in [0.25, 0.3) is 0 Å². The van der Waals surface area contributed by atoms with Crippen LogP contribution in [0.5, 0.6) is 0 Å². The average molecular weight is 256 g/mol. The van der Waals surface area contributed by atoms with E-state index in [2.05, 4.69) is 20.0 Å². The minimum atomic E-state index is -1.19. The maximum absolute atomic E-state index is 10.9. The van der Waals surface area contributed by atoms with Crippen LogP contribution in [0.4, 0.5) is 5.13 Å². The second-order valence-corrected chi connectivity index (χ2v) is 3.99. The van der Waals surface area contributed by atoms with Gasteiger partial charge < -0.3 is 14.8 Å². The van der Waals surface area contributed by atoms with Gasteiger partial charge in [0.1, 0.15) is 12.8 Å². The Morgan fingerprint density at radius 2 is 2.35 bits per heavy atom. The Balaban J connectivity index is 2.93. The number of oxime groups is 1. The highest BCUT2D eigenvalue weighted by Gasteiger charge is 2.17. The van der Waals surface area contributed by atoms with Crippen LogP contribution >= 0.6 is 11.3 Å². The summed E-state index contributed by atoms with van der Waals surface area (Å²) < 4.78 is 0. The van der Waals surface area contributed by atoms with Gasteiger partial charge in [-0.1, -0.05) is 5.16 Å². The number of aromatic nitrogens is 1. The maximum Gasteiger partial charge on any atom is 0.360 e. The van der Waals surface area contributed by atoms with Crippen molar-refractivity contribution < 1.29 is 14.7 Å². The molecular weight excluding hydrogens is 244 g/mol. The lowest BCUT2D eigenvalue weighted by molar-refractivity contribution is -0.129. The van der Waals surface area contributed by atoms with Crippen molar-refractivity contribution in [3.8, 4) is 0 Å². The summed E-state index contributed by atoms with van der Waals surface area (Å²) in [5.41, 5.74) is -0.00897. The summed E-state index contributed by atoms with van der Waals surface area (Å²) in [5.74, 6) is -1.19. The van der Waals surface area contributed by atoms with E-state index in [4.69, 9.17) is 5.11 Å². The minimum absolute atomic E-state index is 0.232. The number of hydrogen-bond donors (Lipinski definition) is 1. The molecule has 0 saturated carbocycles. The molecule has 0 aromatic carbocycles. The molecule has 0 aliphatic carbocycles. The Hall–Kier alpha value is -1.96. The van der Waals surface area contributed by atoms with Crippen LogP contribution in [0.1, 0.15) is 5.69 Å². The maximum atomic E-state index is 10.9. The number of rotatable bonds is 5. The number of carbonyl (C=O) groups is 1. The van der Waals surface area contributed by atoms with Crippen LogP contribution in [0.25, 0.3) is 0 Å². The number of aliphatic imine (C=N–C) groups is 1. The van der Waals surface area contributed by atoms with Crippen LogP contribution in [-0.2, 0) is 9.63 Å². The summed E-state index contributed by atoms with van der Waals surface area (Å²) in [6.07, 6.45) is 1.58. The highest BCUT2D eigenvalue weighted by atomic mass is 32.1. The van der Waals surface area contributed by atoms with Crippen molar-refractivity contribution in [1.82, 2.24) is 9.88 Å².